The fourth-order valence-corrected chi connectivity index (χ4v) is 4.73. The lowest BCUT2D eigenvalue weighted by atomic mass is 9.63. The van der Waals surface area contributed by atoms with Crippen molar-refractivity contribution in [2.75, 3.05) is 0 Å². The Labute approximate surface area is 132 Å². The van der Waals surface area contributed by atoms with Crippen LogP contribution in [0.3, 0.4) is 0 Å². The number of halogens is 1. The van der Waals surface area contributed by atoms with Gasteiger partial charge in [0.15, 0.2) is 0 Å². The zero-order valence-corrected chi connectivity index (χ0v) is 12.3. The molecule has 0 N–H and O–H groups in total. The molecule has 2 amide bonds. The zero-order chi connectivity index (χ0) is 15.7. The Kier molecular flexibility index (Phi) is 2.50. The Bertz CT molecular complexity index is 734. The molecule has 0 unspecified atom stereocenters. The fourth-order valence-electron chi connectivity index (χ4n) is 4.73. The van der Waals surface area contributed by atoms with Gasteiger partial charge in [-0.3, -0.25) is 9.59 Å². The van der Waals surface area contributed by atoms with Gasteiger partial charge in [0.05, 0.1) is 18.1 Å². The van der Waals surface area contributed by atoms with E-state index >= 15 is 0 Å². The van der Waals surface area contributed by atoms with E-state index in [1.807, 2.05) is 0 Å². The zero-order valence-electron chi connectivity index (χ0n) is 12.3. The molecule has 116 valence electrons. The summed E-state index contributed by atoms with van der Waals surface area (Å²) in [6.45, 7) is 0. The summed E-state index contributed by atoms with van der Waals surface area (Å²) >= 11 is 0. The van der Waals surface area contributed by atoms with Crippen molar-refractivity contribution in [2.24, 2.45) is 40.6 Å². The molecule has 1 aliphatic heterocycles. The van der Waals surface area contributed by atoms with Gasteiger partial charge in [-0.2, -0.15) is 10.1 Å². The number of benzene rings is 1. The largest absolute Gasteiger partial charge is 0.272 e. The average Bonchev–Trinajstić information content (AvgIpc) is 3.33. The van der Waals surface area contributed by atoms with Gasteiger partial charge in [0.2, 0.25) is 0 Å². The van der Waals surface area contributed by atoms with Crippen molar-refractivity contribution in [3.63, 3.8) is 0 Å². The van der Waals surface area contributed by atoms with Crippen molar-refractivity contribution in [1.82, 2.24) is 5.01 Å². The van der Waals surface area contributed by atoms with Gasteiger partial charge in [-0.05, 0) is 47.8 Å². The number of hydrogen-bond acceptors (Lipinski definition) is 3. The van der Waals surface area contributed by atoms with Crippen LogP contribution in [-0.4, -0.2) is 23.0 Å². The number of hydrogen-bond donors (Lipinski definition) is 0. The van der Waals surface area contributed by atoms with Crippen LogP contribution in [0, 0.1) is 41.3 Å². The van der Waals surface area contributed by atoms with Crippen molar-refractivity contribution in [3.8, 4) is 0 Å². The van der Waals surface area contributed by atoms with Gasteiger partial charge >= 0.3 is 0 Å². The molecule has 1 heterocycles. The molecule has 0 radical (unpaired) electrons. The molecule has 3 fully saturated rings. The van der Waals surface area contributed by atoms with Crippen molar-refractivity contribution in [3.05, 3.63) is 47.8 Å². The maximum atomic E-state index is 12.9. The first kappa shape index (κ1) is 13.2. The summed E-state index contributed by atoms with van der Waals surface area (Å²) < 4.78 is 12.9. The molecular formula is C18H15FN2O2. The van der Waals surface area contributed by atoms with E-state index in [-0.39, 0.29) is 41.3 Å². The first-order chi connectivity index (χ1) is 11.1. The molecule has 0 spiro atoms. The predicted molar refractivity (Wildman–Crippen MR) is 80.5 cm³/mol. The second-order valence-electron chi connectivity index (χ2n) is 6.94. The monoisotopic (exact) mass is 310 g/mol. The number of carbonyl (C=O) groups excluding carboxylic acids is 2. The molecule has 6 rings (SSSR count). The Morgan fingerprint density at radius 1 is 1.00 bits per heavy atom. The topological polar surface area (TPSA) is 49.7 Å². The summed E-state index contributed by atoms with van der Waals surface area (Å²) in [5, 5.41) is 5.14. The van der Waals surface area contributed by atoms with Gasteiger partial charge in [-0.25, -0.2) is 4.39 Å². The Hall–Kier alpha value is -2.30. The van der Waals surface area contributed by atoms with Crippen molar-refractivity contribution < 1.29 is 14.0 Å². The summed E-state index contributed by atoms with van der Waals surface area (Å²) in [4.78, 5) is 25.4. The van der Waals surface area contributed by atoms with E-state index in [0.29, 0.717) is 17.4 Å². The van der Waals surface area contributed by atoms with Crippen LogP contribution in [0.1, 0.15) is 12.0 Å². The lowest BCUT2D eigenvalue weighted by Gasteiger charge is -2.37. The Morgan fingerprint density at radius 3 is 2.13 bits per heavy atom. The molecule has 6 atom stereocenters. The summed E-state index contributed by atoms with van der Waals surface area (Å²) in [6, 6.07) is 5.79. The molecule has 1 aromatic carbocycles. The molecule has 5 heteroatoms. The van der Waals surface area contributed by atoms with Gasteiger partial charge in [0.25, 0.3) is 11.8 Å². The SMILES string of the molecule is O=C1[C@@H]2[C@H]3C=C[C@@H]([C@@H]4C[C@@H]34)[C@@H]2C(=O)N1/N=C\c1ccc(F)cc1. The highest BCUT2D eigenvalue weighted by molar-refractivity contribution is 6.06. The molecular weight excluding hydrogens is 295 g/mol. The third-order valence-electron chi connectivity index (χ3n) is 5.83. The number of amides is 2. The lowest BCUT2D eigenvalue weighted by Crippen LogP contribution is -2.40. The van der Waals surface area contributed by atoms with E-state index in [1.165, 1.54) is 18.3 Å². The van der Waals surface area contributed by atoms with Gasteiger partial charge in [0.1, 0.15) is 5.82 Å². The standard InChI is InChI=1S/C18H15FN2O2/c19-10-3-1-9(2-4-10)8-20-21-17(22)15-11-5-6-12(14-7-13(11)14)16(15)18(21)23/h1-6,8,11-16H,7H2/b20-8-/t11-,12-,13-,14-,15-,16+/m0/s1. The second-order valence-corrected chi connectivity index (χ2v) is 6.94. The molecule has 1 saturated heterocycles. The van der Waals surface area contributed by atoms with Crippen molar-refractivity contribution in [2.45, 2.75) is 6.42 Å². The highest BCUT2D eigenvalue weighted by Gasteiger charge is 2.67. The van der Waals surface area contributed by atoms with Crippen LogP contribution in [0.25, 0.3) is 0 Å². The predicted octanol–water partition coefficient (Wildman–Crippen LogP) is 2.21. The number of rotatable bonds is 2. The number of nitrogens with zero attached hydrogens (tertiary/aromatic N) is 2. The molecule has 5 aliphatic rings. The molecule has 4 aliphatic carbocycles. The Balaban J connectivity index is 1.44. The van der Waals surface area contributed by atoms with Crippen LogP contribution in [0.4, 0.5) is 4.39 Å². The first-order valence-electron chi connectivity index (χ1n) is 8.01. The minimum atomic E-state index is -0.330. The number of allylic oxidation sites excluding steroid dienone is 2. The fraction of sp³-hybridized carbons (Fsp3) is 0.389. The molecule has 2 bridgehead atoms. The van der Waals surface area contributed by atoms with Gasteiger partial charge in [-0.15, -0.1) is 0 Å². The second kappa shape index (κ2) is 4.37. The van der Waals surface area contributed by atoms with Crippen LogP contribution < -0.4 is 0 Å². The van der Waals surface area contributed by atoms with Crippen LogP contribution in [0.15, 0.2) is 41.5 Å². The normalized spacial score (nSPS) is 40.0. The molecule has 2 saturated carbocycles. The molecule has 4 nitrogen and oxygen atoms in total. The number of hydrazone groups is 1. The first-order valence-corrected chi connectivity index (χ1v) is 8.01. The van der Waals surface area contributed by atoms with E-state index in [2.05, 4.69) is 17.3 Å². The molecule has 0 aromatic heterocycles. The van der Waals surface area contributed by atoms with Gasteiger partial charge in [0, 0.05) is 0 Å². The summed E-state index contributed by atoms with van der Waals surface area (Å²) in [7, 11) is 0. The number of carbonyl (C=O) groups is 2. The summed E-state index contributed by atoms with van der Waals surface area (Å²) in [6.07, 6.45) is 6.87. The Morgan fingerprint density at radius 2 is 1.57 bits per heavy atom. The minimum absolute atomic E-state index is 0.178. The van der Waals surface area contributed by atoms with Crippen molar-refractivity contribution >= 4 is 18.0 Å². The van der Waals surface area contributed by atoms with Crippen molar-refractivity contribution in [1.29, 1.82) is 0 Å². The van der Waals surface area contributed by atoms with Gasteiger partial charge in [-0.1, -0.05) is 24.3 Å². The maximum absolute atomic E-state index is 12.9. The van der Waals surface area contributed by atoms with Crippen LogP contribution in [-0.2, 0) is 9.59 Å². The van der Waals surface area contributed by atoms with Gasteiger partial charge < -0.3 is 0 Å². The highest BCUT2D eigenvalue weighted by atomic mass is 19.1. The van der Waals surface area contributed by atoms with Crippen LogP contribution in [0.5, 0.6) is 0 Å². The molecule has 23 heavy (non-hydrogen) atoms. The quantitative estimate of drug-likeness (QED) is 0.478. The third-order valence-corrected chi connectivity index (χ3v) is 5.83. The minimum Gasteiger partial charge on any atom is -0.272 e. The van der Waals surface area contributed by atoms with E-state index in [9.17, 15) is 14.0 Å². The molecule has 1 aromatic rings. The highest BCUT2D eigenvalue weighted by Crippen LogP contribution is 2.65. The van der Waals surface area contributed by atoms with E-state index in [1.54, 1.807) is 12.1 Å². The smallest absolute Gasteiger partial charge is 0.254 e. The van der Waals surface area contributed by atoms with E-state index in [4.69, 9.17) is 0 Å². The van der Waals surface area contributed by atoms with Crippen LogP contribution in [0.2, 0.25) is 0 Å². The lowest BCUT2D eigenvalue weighted by molar-refractivity contribution is -0.140. The number of imide groups is 1. The van der Waals surface area contributed by atoms with Crippen LogP contribution >= 0.6 is 0 Å². The van der Waals surface area contributed by atoms with E-state index in [0.717, 1.165) is 11.4 Å². The van der Waals surface area contributed by atoms with E-state index < -0.39 is 0 Å². The summed E-state index contributed by atoms with van der Waals surface area (Å²) in [5.74, 6) is 0.440. The third kappa shape index (κ3) is 1.73. The average molecular weight is 310 g/mol. The maximum Gasteiger partial charge on any atom is 0.254 e. The summed E-state index contributed by atoms with van der Waals surface area (Å²) in [5.41, 5.74) is 0.658.